The van der Waals surface area contributed by atoms with E-state index in [0.717, 1.165) is 79.3 Å². The van der Waals surface area contributed by atoms with Crippen LogP contribution in [-0.2, 0) is 16.0 Å². The van der Waals surface area contributed by atoms with Crippen LogP contribution < -0.4 is 9.64 Å². The molecular formula is C27H29FN4O3S. The zero-order valence-electron chi connectivity index (χ0n) is 20.1. The molecule has 36 heavy (non-hydrogen) atoms. The van der Waals surface area contributed by atoms with Crippen LogP contribution in [0, 0.1) is 5.82 Å². The molecule has 0 aliphatic carbocycles. The Bertz CT molecular complexity index is 1250. The van der Waals surface area contributed by atoms with Crippen molar-refractivity contribution in [2.24, 2.45) is 0 Å². The zero-order chi connectivity index (χ0) is 24.7. The average molecular weight is 509 g/mol. The van der Waals surface area contributed by atoms with Crippen molar-refractivity contribution in [3.05, 3.63) is 66.3 Å². The van der Waals surface area contributed by atoms with Crippen molar-refractivity contribution in [2.75, 3.05) is 55.8 Å². The fourth-order valence-electron chi connectivity index (χ4n) is 4.53. The van der Waals surface area contributed by atoms with Crippen LogP contribution in [0.2, 0.25) is 0 Å². The minimum atomic E-state index is -0.421. The van der Waals surface area contributed by atoms with Crippen LogP contribution in [0.1, 0.15) is 12.0 Å². The number of carbonyl (C=O) groups is 1. The Kier molecular flexibility index (Phi) is 8.10. The van der Waals surface area contributed by atoms with Gasteiger partial charge < -0.3 is 14.4 Å². The number of morpholine rings is 1. The van der Waals surface area contributed by atoms with Gasteiger partial charge in [0.2, 0.25) is 0 Å². The first-order valence-electron chi connectivity index (χ1n) is 12.2. The van der Waals surface area contributed by atoms with Gasteiger partial charge in [0, 0.05) is 42.5 Å². The van der Waals surface area contributed by atoms with Crippen LogP contribution >= 0.6 is 11.8 Å². The van der Waals surface area contributed by atoms with Crippen LogP contribution in [0.4, 0.5) is 15.9 Å². The molecule has 0 unspecified atom stereocenters. The molecule has 1 fully saturated rings. The molecule has 2 aromatic carbocycles. The number of fused-ring (bicyclic) bond motifs is 2. The number of rotatable bonds is 9. The summed E-state index contributed by atoms with van der Waals surface area (Å²) in [5.74, 6) is 2.20. The van der Waals surface area contributed by atoms with Crippen LogP contribution in [0.15, 0.2) is 54.9 Å². The largest absolute Gasteiger partial charge is 0.423 e. The second kappa shape index (κ2) is 11.8. The number of thioether (sulfide) groups is 1. The lowest BCUT2D eigenvalue weighted by molar-refractivity contribution is -0.128. The Morgan fingerprint density at radius 2 is 2.03 bits per heavy atom. The highest BCUT2D eigenvalue weighted by molar-refractivity contribution is 7.99. The summed E-state index contributed by atoms with van der Waals surface area (Å²) in [6.07, 6.45) is 6.75. The smallest absolute Gasteiger partial charge is 0.335 e. The predicted octanol–water partition coefficient (Wildman–Crippen LogP) is 4.38. The van der Waals surface area contributed by atoms with E-state index < -0.39 is 5.97 Å². The maximum absolute atomic E-state index is 13.9. The molecule has 2 aliphatic rings. The van der Waals surface area contributed by atoms with E-state index >= 15 is 0 Å². The first-order chi connectivity index (χ1) is 17.7. The molecule has 3 aromatic rings. The third kappa shape index (κ3) is 6.03. The van der Waals surface area contributed by atoms with E-state index in [1.165, 1.54) is 24.5 Å². The van der Waals surface area contributed by atoms with E-state index in [-0.39, 0.29) is 5.82 Å². The van der Waals surface area contributed by atoms with Gasteiger partial charge >= 0.3 is 5.97 Å². The summed E-state index contributed by atoms with van der Waals surface area (Å²) in [6.45, 7) is 5.48. The Morgan fingerprint density at radius 1 is 1.14 bits per heavy atom. The highest BCUT2D eigenvalue weighted by Gasteiger charge is 2.24. The first-order valence-corrected chi connectivity index (χ1v) is 13.4. The molecule has 2 aliphatic heterocycles. The van der Waals surface area contributed by atoms with Crippen molar-refractivity contribution < 1.29 is 18.7 Å². The van der Waals surface area contributed by atoms with E-state index in [2.05, 4.69) is 14.9 Å². The topological polar surface area (TPSA) is 67.8 Å². The first kappa shape index (κ1) is 24.7. The number of hydrogen-bond donors (Lipinski definition) is 0. The summed E-state index contributed by atoms with van der Waals surface area (Å²) in [5, 5.41) is 0.750. The number of esters is 1. The standard InChI is InChI=1S/C27H29FN4O3S/c28-21-5-4-20-8-10-32(25(20)17-21)27-23-18-22(6-7-24(23)29-19-30-27)35-26(33)3-1-15-36-16-2-9-31-11-13-34-14-12-31/h1,3-7,17-19H,2,8-16H2. The zero-order valence-corrected chi connectivity index (χ0v) is 20.9. The molecule has 0 atom stereocenters. The molecule has 5 rings (SSSR count). The lowest BCUT2D eigenvalue weighted by atomic mass is 10.1. The number of anilines is 2. The van der Waals surface area contributed by atoms with E-state index in [9.17, 15) is 9.18 Å². The summed E-state index contributed by atoms with van der Waals surface area (Å²) < 4.78 is 24.8. The molecule has 0 saturated carbocycles. The lowest BCUT2D eigenvalue weighted by Gasteiger charge is -2.26. The summed E-state index contributed by atoms with van der Waals surface area (Å²) >= 11 is 1.80. The molecule has 188 valence electrons. The SMILES string of the molecule is O=C(C=CCSCCCN1CCOCC1)Oc1ccc2ncnc(N3CCc4ccc(F)cc43)c2c1. The van der Waals surface area contributed by atoms with Crippen LogP contribution in [0.25, 0.3) is 10.9 Å². The Labute approximate surface area is 214 Å². The van der Waals surface area contributed by atoms with Gasteiger partial charge in [-0.3, -0.25) is 4.90 Å². The minimum Gasteiger partial charge on any atom is -0.423 e. The van der Waals surface area contributed by atoms with Gasteiger partial charge in [-0.15, -0.1) is 0 Å². The van der Waals surface area contributed by atoms with Gasteiger partial charge in [-0.05, 0) is 61.0 Å². The van der Waals surface area contributed by atoms with Gasteiger partial charge in [-0.25, -0.2) is 19.2 Å². The molecule has 7 nitrogen and oxygen atoms in total. The maximum atomic E-state index is 13.9. The Morgan fingerprint density at radius 3 is 2.92 bits per heavy atom. The molecule has 9 heteroatoms. The Hall–Kier alpha value is -3.01. The highest BCUT2D eigenvalue weighted by Crippen LogP contribution is 2.37. The van der Waals surface area contributed by atoms with Gasteiger partial charge in [0.15, 0.2) is 0 Å². The molecule has 3 heterocycles. The van der Waals surface area contributed by atoms with Crippen molar-refractivity contribution in [3.63, 3.8) is 0 Å². The van der Waals surface area contributed by atoms with Crippen LogP contribution in [0.5, 0.6) is 5.75 Å². The van der Waals surface area contributed by atoms with Crippen molar-refractivity contribution in [2.45, 2.75) is 12.8 Å². The maximum Gasteiger partial charge on any atom is 0.335 e. The number of aromatic nitrogens is 2. The summed E-state index contributed by atoms with van der Waals surface area (Å²) in [7, 11) is 0. The number of hydrogen-bond acceptors (Lipinski definition) is 8. The summed E-state index contributed by atoms with van der Waals surface area (Å²) in [4.78, 5) is 25.6. The summed E-state index contributed by atoms with van der Waals surface area (Å²) in [5.41, 5.74) is 2.62. The normalized spacial score (nSPS) is 16.1. The van der Waals surface area contributed by atoms with Crippen molar-refractivity contribution >= 4 is 40.1 Å². The molecule has 0 N–H and O–H groups in total. The number of carbonyl (C=O) groups excluding carboxylic acids is 1. The fraction of sp³-hybridized carbons (Fsp3) is 0.370. The second-order valence-electron chi connectivity index (χ2n) is 8.76. The van der Waals surface area contributed by atoms with E-state index in [1.54, 1.807) is 30.0 Å². The predicted molar refractivity (Wildman–Crippen MR) is 141 cm³/mol. The highest BCUT2D eigenvalue weighted by atomic mass is 32.2. The van der Waals surface area contributed by atoms with Crippen LogP contribution in [-0.4, -0.2) is 71.7 Å². The van der Waals surface area contributed by atoms with E-state index in [1.807, 2.05) is 17.0 Å². The minimum absolute atomic E-state index is 0.282. The molecule has 0 radical (unpaired) electrons. The number of nitrogens with zero attached hydrogens (tertiary/aromatic N) is 4. The molecule has 1 aromatic heterocycles. The lowest BCUT2D eigenvalue weighted by Crippen LogP contribution is -2.36. The monoisotopic (exact) mass is 508 g/mol. The summed E-state index contributed by atoms with van der Waals surface area (Å²) in [6, 6.07) is 10.1. The molecule has 1 saturated heterocycles. The van der Waals surface area contributed by atoms with Gasteiger partial charge in [0.1, 0.15) is 23.7 Å². The van der Waals surface area contributed by atoms with Gasteiger partial charge in [-0.1, -0.05) is 12.1 Å². The third-order valence-corrected chi connectivity index (χ3v) is 7.34. The fourth-order valence-corrected chi connectivity index (χ4v) is 5.27. The quantitative estimate of drug-likeness (QED) is 0.183. The molecule has 0 amide bonds. The van der Waals surface area contributed by atoms with E-state index in [4.69, 9.17) is 9.47 Å². The average Bonchev–Trinajstić information content (AvgIpc) is 3.31. The third-order valence-electron chi connectivity index (χ3n) is 6.34. The van der Waals surface area contributed by atoms with Gasteiger partial charge in [0.25, 0.3) is 0 Å². The number of ether oxygens (including phenoxy) is 2. The number of benzene rings is 2. The van der Waals surface area contributed by atoms with E-state index in [0.29, 0.717) is 18.1 Å². The Balaban J connectivity index is 1.17. The van der Waals surface area contributed by atoms with Gasteiger partial charge in [-0.2, -0.15) is 11.8 Å². The van der Waals surface area contributed by atoms with Crippen molar-refractivity contribution in [1.29, 1.82) is 0 Å². The van der Waals surface area contributed by atoms with Gasteiger partial charge in [0.05, 0.1) is 18.7 Å². The van der Waals surface area contributed by atoms with Crippen molar-refractivity contribution in [1.82, 2.24) is 14.9 Å². The van der Waals surface area contributed by atoms with Crippen molar-refractivity contribution in [3.8, 4) is 5.75 Å². The number of halogens is 1. The second-order valence-corrected chi connectivity index (χ2v) is 9.91. The molecular weight excluding hydrogens is 479 g/mol. The molecule has 0 spiro atoms. The molecule has 0 bridgehead atoms. The van der Waals surface area contributed by atoms with Crippen LogP contribution in [0.3, 0.4) is 0 Å².